The normalized spacial score (nSPS) is 43.5. The summed E-state index contributed by atoms with van der Waals surface area (Å²) in [4.78, 5) is 0. The smallest absolute Gasteiger partial charge is 0.0593 e. The first-order valence-electron chi connectivity index (χ1n) is 4.88. The summed E-state index contributed by atoms with van der Waals surface area (Å²) in [5.41, 5.74) is 0. The van der Waals surface area contributed by atoms with Gasteiger partial charge in [-0.05, 0) is 24.7 Å². The van der Waals surface area contributed by atoms with Crippen LogP contribution in [0, 0.1) is 17.8 Å². The summed E-state index contributed by atoms with van der Waals surface area (Å²) < 4.78 is 0. The zero-order valence-electron chi connectivity index (χ0n) is 8.20. The minimum atomic E-state index is -0.304. The molecule has 0 aromatic heterocycles. The van der Waals surface area contributed by atoms with Crippen LogP contribution < -0.4 is 0 Å². The molecule has 2 heteroatoms. The van der Waals surface area contributed by atoms with Crippen molar-refractivity contribution < 1.29 is 10.2 Å². The molecule has 0 amide bonds. The maximum atomic E-state index is 9.61. The Morgan fingerprint density at radius 3 is 1.83 bits per heavy atom. The van der Waals surface area contributed by atoms with Gasteiger partial charge in [-0.3, -0.25) is 0 Å². The highest BCUT2D eigenvalue weighted by Crippen LogP contribution is 2.33. The van der Waals surface area contributed by atoms with Crippen molar-refractivity contribution in [1.29, 1.82) is 0 Å². The van der Waals surface area contributed by atoms with Crippen molar-refractivity contribution in [3.05, 3.63) is 0 Å². The van der Waals surface area contributed by atoms with Gasteiger partial charge >= 0.3 is 0 Å². The van der Waals surface area contributed by atoms with Crippen LogP contribution in [0.25, 0.3) is 0 Å². The number of aliphatic hydroxyl groups excluding tert-OH is 2. The Hall–Kier alpha value is -0.0800. The van der Waals surface area contributed by atoms with Gasteiger partial charge in [0.05, 0.1) is 12.2 Å². The Bertz CT molecular complexity index is 133. The largest absolute Gasteiger partial charge is 0.393 e. The molecular weight excluding hydrogens is 152 g/mol. The molecule has 0 spiro atoms. The van der Waals surface area contributed by atoms with Gasteiger partial charge in [0.1, 0.15) is 0 Å². The first-order chi connectivity index (χ1) is 5.52. The number of aliphatic hydroxyl groups is 2. The predicted molar refractivity (Wildman–Crippen MR) is 48.7 cm³/mol. The highest BCUT2D eigenvalue weighted by molar-refractivity contribution is 4.84. The van der Waals surface area contributed by atoms with Crippen molar-refractivity contribution in [3.63, 3.8) is 0 Å². The Morgan fingerprint density at radius 1 is 1.08 bits per heavy atom. The van der Waals surface area contributed by atoms with E-state index in [1.165, 1.54) is 0 Å². The number of hydrogen-bond acceptors (Lipinski definition) is 2. The van der Waals surface area contributed by atoms with Crippen molar-refractivity contribution in [2.75, 3.05) is 0 Å². The van der Waals surface area contributed by atoms with Crippen LogP contribution >= 0.6 is 0 Å². The van der Waals surface area contributed by atoms with Crippen LogP contribution in [0.5, 0.6) is 0 Å². The molecule has 1 rings (SSSR count). The molecule has 0 radical (unpaired) electrons. The third kappa shape index (κ3) is 1.99. The summed E-state index contributed by atoms with van der Waals surface area (Å²) in [6, 6.07) is 0. The van der Waals surface area contributed by atoms with Gasteiger partial charge in [0, 0.05) is 5.92 Å². The fraction of sp³-hybridized carbons (Fsp3) is 1.00. The minimum Gasteiger partial charge on any atom is -0.393 e. The summed E-state index contributed by atoms with van der Waals surface area (Å²) in [6.45, 7) is 6.23. The average molecular weight is 172 g/mol. The maximum absolute atomic E-state index is 9.61. The monoisotopic (exact) mass is 172 g/mol. The van der Waals surface area contributed by atoms with E-state index in [2.05, 4.69) is 13.8 Å². The second-order valence-electron chi connectivity index (χ2n) is 4.47. The zero-order valence-corrected chi connectivity index (χ0v) is 8.20. The van der Waals surface area contributed by atoms with Gasteiger partial charge in [-0.1, -0.05) is 20.8 Å². The van der Waals surface area contributed by atoms with Crippen LogP contribution in [0.2, 0.25) is 0 Å². The van der Waals surface area contributed by atoms with E-state index in [4.69, 9.17) is 0 Å². The molecule has 0 unspecified atom stereocenters. The molecule has 0 saturated heterocycles. The van der Waals surface area contributed by atoms with Gasteiger partial charge in [0.25, 0.3) is 0 Å². The van der Waals surface area contributed by atoms with E-state index in [0.717, 1.165) is 12.8 Å². The summed E-state index contributed by atoms with van der Waals surface area (Å²) >= 11 is 0. The molecule has 1 fully saturated rings. The second kappa shape index (κ2) is 3.75. The van der Waals surface area contributed by atoms with Crippen molar-refractivity contribution in [2.24, 2.45) is 17.8 Å². The molecule has 0 heterocycles. The van der Waals surface area contributed by atoms with Crippen LogP contribution in [0.1, 0.15) is 33.6 Å². The van der Waals surface area contributed by atoms with Gasteiger partial charge in [-0.15, -0.1) is 0 Å². The summed E-state index contributed by atoms with van der Waals surface area (Å²) in [5, 5.41) is 19.2. The predicted octanol–water partition coefficient (Wildman–Crippen LogP) is 1.41. The second-order valence-corrected chi connectivity index (χ2v) is 4.47. The minimum absolute atomic E-state index is 0.0556. The Labute approximate surface area is 74.6 Å². The van der Waals surface area contributed by atoms with E-state index in [1.54, 1.807) is 0 Å². The van der Waals surface area contributed by atoms with E-state index in [-0.39, 0.29) is 18.1 Å². The molecule has 1 aliphatic rings. The Morgan fingerprint density at radius 2 is 1.50 bits per heavy atom. The standard InChI is InChI=1S/C10H20O2/c1-6(2)8-4-9(11)7(3)10(12)5-8/h6-12H,4-5H2,1-3H3/t7?,8?,9-,10-/m1/s1. The molecule has 1 saturated carbocycles. The lowest BCUT2D eigenvalue weighted by Crippen LogP contribution is -2.39. The topological polar surface area (TPSA) is 40.5 Å². The van der Waals surface area contributed by atoms with Crippen molar-refractivity contribution in [2.45, 2.75) is 45.8 Å². The van der Waals surface area contributed by atoms with Gasteiger partial charge in [0.15, 0.2) is 0 Å². The first kappa shape index (κ1) is 10.0. The average Bonchev–Trinajstić information content (AvgIpc) is 1.99. The van der Waals surface area contributed by atoms with Crippen molar-refractivity contribution >= 4 is 0 Å². The zero-order chi connectivity index (χ0) is 9.30. The molecule has 2 nitrogen and oxygen atoms in total. The van der Waals surface area contributed by atoms with E-state index >= 15 is 0 Å². The molecule has 0 bridgehead atoms. The molecule has 0 aromatic rings. The van der Waals surface area contributed by atoms with Crippen molar-refractivity contribution in [1.82, 2.24) is 0 Å². The molecular formula is C10H20O2. The number of hydrogen-bond donors (Lipinski definition) is 2. The molecule has 2 atom stereocenters. The fourth-order valence-electron chi connectivity index (χ4n) is 1.95. The van der Waals surface area contributed by atoms with E-state index < -0.39 is 0 Å². The van der Waals surface area contributed by atoms with E-state index in [9.17, 15) is 10.2 Å². The van der Waals surface area contributed by atoms with Gasteiger partial charge in [-0.25, -0.2) is 0 Å². The maximum Gasteiger partial charge on any atom is 0.0593 e. The fourth-order valence-corrected chi connectivity index (χ4v) is 1.95. The van der Waals surface area contributed by atoms with Gasteiger partial charge < -0.3 is 10.2 Å². The Kier molecular flexibility index (Phi) is 3.13. The van der Waals surface area contributed by atoms with E-state index in [1.807, 2.05) is 6.92 Å². The molecule has 0 aromatic carbocycles. The van der Waals surface area contributed by atoms with E-state index in [0.29, 0.717) is 11.8 Å². The Balaban J connectivity index is 2.53. The van der Waals surface area contributed by atoms with Gasteiger partial charge in [-0.2, -0.15) is 0 Å². The molecule has 1 aliphatic carbocycles. The van der Waals surface area contributed by atoms with Crippen LogP contribution in [0.3, 0.4) is 0 Å². The van der Waals surface area contributed by atoms with Crippen LogP contribution in [0.15, 0.2) is 0 Å². The molecule has 12 heavy (non-hydrogen) atoms. The molecule has 2 N–H and O–H groups in total. The quantitative estimate of drug-likeness (QED) is 0.628. The van der Waals surface area contributed by atoms with Crippen molar-refractivity contribution in [3.8, 4) is 0 Å². The van der Waals surface area contributed by atoms with Crippen LogP contribution in [0.4, 0.5) is 0 Å². The molecule has 72 valence electrons. The lowest BCUT2D eigenvalue weighted by atomic mass is 9.74. The lowest BCUT2D eigenvalue weighted by Gasteiger charge is -2.36. The third-order valence-electron chi connectivity index (χ3n) is 3.25. The highest BCUT2D eigenvalue weighted by atomic mass is 16.3. The molecule has 0 aliphatic heterocycles. The summed E-state index contributed by atoms with van der Waals surface area (Å²) in [5.74, 6) is 1.12. The first-order valence-corrected chi connectivity index (χ1v) is 4.88. The highest BCUT2D eigenvalue weighted by Gasteiger charge is 2.33. The summed E-state index contributed by atoms with van der Waals surface area (Å²) in [6.07, 6.45) is 1.11. The number of rotatable bonds is 1. The van der Waals surface area contributed by atoms with Gasteiger partial charge in [0.2, 0.25) is 0 Å². The summed E-state index contributed by atoms with van der Waals surface area (Å²) in [7, 11) is 0. The lowest BCUT2D eigenvalue weighted by molar-refractivity contribution is -0.0453. The SMILES string of the molecule is CC(C)C1C[C@@H](O)C(C)[C@H](O)C1. The van der Waals surface area contributed by atoms with Crippen LogP contribution in [-0.4, -0.2) is 22.4 Å². The third-order valence-corrected chi connectivity index (χ3v) is 3.25. The van der Waals surface area contributed by atoms with Crippen LogP contribution in [-0.2, 0) is 0 Å².